The number of ether oxygens (including phenoxy) is 1. The van der Waals surface area contributed by atoms with Crippen molar-refractivity contribution in [3.63, 3.8) is 0 Å². The fourth-order valence-corrected chi connectivity index (χ4v) is 6.92. The normalized spacial score (nSPS) is 27.1. The molecule has 3 aliphatic heterocycles. The topological polar surface area (TPSA) is 129 Å². The predicted octanol–water partition coefficient (Wildman–Crippen LogP) is 4.07. The highest BCUT2D eigenvalue weighted by atomic mass is 35.5. The molecule has 4 N–H and O–H groups in total. The van der Waals surface area contributed by atoms with E-state index in [4.69, 9.17) is 26.3 Å². The molecule has 2 fully saturated rings. The zero-order valence-electron chi connectivity index (χ0n) is 23.3. The van der Waals surface area contributed by atoms with Gasteiger partial charge in [0, 0.05) is 48.5 Å². The van der Waals surface area contributed by atoms with Crippen LogP contribution in [0.4, 0.5) is 5.69 Å². The van der Waals surface area contributed by atoms with Gasteiger partial charge in [0.05, 0.1) is 17.0 Å². The van der Waals surface area contributed by atoms with Gasteiger partial charge in [-0.1, -0.05) is 19.4 Å². The summed E-state index contributed by atoms with van der Waals surface area (Å²) in [6.45, 7) is 4.36. The fourth-order valence-electron chi connectivity index (χ4n) is 6.55. The molecule has 3 aliphatic rings. The number of pyridine rings is 1. The van der Waals surface area contributed by atoms with Gasteiger partial charge in [0.15, 0.2) is 11.6 Å². The Bertz CT molecular complexity index is 1380. The number of carbonyl (C=O) groups excluding carboxylic acids is 1. The smallest absolute Gasteiger partial charge is 0.251 e. The number of aromatic amines is 1. The molecule has 216 valence electrons. The maximum absolute atomic E-state index is 13.7. The van der Waals surface area contributed by atoms with E-state index in [9.17, 15) is 4.79 Å². The number of nitrogens with zero attached hydrogens (tertiary/aromatic N) is 4. The summed E-state index contributed by atoms with van der Waals surface area (Å²) >= 11 is 6.69. The van der Waals surface area contributed by atoms with Crippen LogP contribution in [0.5, 0.6) is 0 Å². The molecular formula is C30H37ClN8O2. The number of aliphatic imine (C=N–C) groups is 1. The highest BCUT2D eigenvalue weighted by Gasteiger charge is 2.52. The molecule has 1 aromatic carbocycles. The quantitative estimate of drug-likeness (QED) is 0.298. The van der Waals surface area contributed by atoms with Crippen LogP contribution in [-0.4, -0.2) is 75.0 Å². The lowest BCUT2D eigenvalue weighted by molar-refractivity contribution is -0.0630. The Balaban J connectivity index is 1.23. The van der Waals surface area contributed by atoms with Gasteiger partial charge in [-0.2, -0.15) is 5.10 Å². The van der Waals surface area contributed by atoms with Crippen LogP contribution in [0, 0.1) is 0 Å². The molecule has 1 amide bonds. The number of carbonyl (C=O) groups is 1. The van der Waals surface area contributed by atoms with Crippen LogP contribution in [0.3, 0.4) is 0 Å². The van der Waals surface area contributed by atoms with Crippen LogP contribution in [-0.2, 0) is 10.3 Å². The SMILES string of the molecule is CCCC12N=CCC(Cl)C1OCC[C@@H]2NC(=O)c1cccc(NC2(c3nc(-c4ccncc4)n[nH]3)CCNCC2)c1. The zero-order chi connectivity index (χ0) is 28.3. The number of nitrogens with one attached hydrogen (secondary N) is 4. The van der Waals surface area contributed by atoms with Gasteiger partial charge in [-0.3, -0.25) is 19.9 Å². The number of alkyl halides is 1. The predicted molar refractivity (Wildman–Crippen MR) is 159 cm³/mol. The Morgan fingerprint density at radius 3 is 2.83 bits per heavy atom. The minimum Gasteiger partial charge on any atom is -0.374 e. The first-order chi connectivity index (χ1) is 20.0. The first-order valence-electron chi connectivity index (χ1n) is 14.6. The van der Waals surface area contributed by atoms with E-state index in [-0.39, 0.29) is 23.4 Å². The van der Waals surface area contributed by atoms with Crippen LogP contribution >= 0.6 is 11.6 Å². The van der Waals surface area contributed by atoms with Crippen LogP contribution in [0.15, 0.2) is 53.8 Å². The minimum atomic E-state index is -0.541. The van der Waals surface area contributed by atoms with Gasteiger partial charge in [0.2, 0.25) is 0 Å². The van der Waals surface area contributed by atoms with Gasteiger partial charge in [-0.15, -0.1) is 11.6 Å². The average molecular weight is 577 g/mol. The van der Waals surface area contributed by atoms with E-state index < -0.39 is 11.1 Å². The number of fused-ring (bicyclic) bond motifs is 1. The van der Waals surface area contributed by atoms with Crippen molar-refractivity contribution >= 4 is 29.4 Å². The number of aromatic nitrogens is 4. The third-order valence-electron chi connectivity index (χ3n) is 8.59. The molecule has 0 bridgehead atoms. The molecule has 2 saturated heterocycles. The Morgan fingerprint density at radius 1 is 1.20 bits per heavy atom. The second kappa shape index (κ2) is 11.9. The molecule has 41 heavy (non-hydrogen) atoms. The third kappa shape index (κ3) is 5.48. The van der Waals surface area contributed by atoms with Gasteiger partial charge in [0.1, 0.15) is 11.6 Å². The molecule has 0 saturated carbocycles. The van der Waals surface area contributed by atoms with Gasteiger partial charge in [-0.25, -0.2) is 4.98 Å². The maximum Gasteiger partial charge on any atom is 0.251 e. The van der Waals surface area contributed by atoms with E-state index in [1.165, 1.54) is 0 Å². The van der Waals surface area contributed by atoms with E-state index >= 15 is 0 Å². The van der Waals surface area contributed by atoms with Crippen molar-refractivity contribution in [2.45, 2.75) is 74.0 Å². The van der Waals surface area contributed by atoms with Gasteiger partial charge >= 0.3 is 0 Å². The van der Waals surface area contributed by atoms with Crippen LogP contribution in [0.25, 0.3) is 11.4 Å². The summed E-state index contributed by atoms with van der Waals surface area (Å²) in [6.07, 6.45) is 9.90. The van der Waals surface area contributed by atoms with E-state index in [1.54, 1.807) is 12.4 Å². The monoisotopic (exact) mass is 576 g/mol. The molecule has 0 aliphatic carbocycles. The van der Waals surface area contributed by atoms with Crippen molar-refractivity contribution in [1.29, 1.82) is 0 Å². The zero-order valence-corrected chi connectivity index (χ0v) is 24.0. The Kier molecular flexibility index (Phi) is 8.05. The highest BCUT2D eigenvalue weighted by molar-refractivity contribution is 6.22. The van der Waals surface area contributed by atoms with Gasteiger partial charge < -0.3 is 20.7 Å². The molecule has 11 heteroatoms. The number of hydrogen-bond donors (Lipinski definition) is 4. The summed E-state index contributed by atoms with van der Waals surface area (Å²) in [5.74, 6) is 1.29. The van der Waals surface area contributed by atoms with Gasteiger partial charge in [0.25, 0.3) is 5.91 Å². The standard InChI is InChI=1S/C30H37ClN8O2/c1-2-10-30-24(9-18-41-25(30)23(31)8-15-34-30)35-27(40)21-4-3-5-22(19-21)37-29(11-16-33-17-12-29)28-36-26(38-39-28)20-6-13-32-14-7-20/h3-7,13-15,19,23-25,33,37H,2,8-12,16-18H2,1H3,(H,35,40)(H,36,38,39)/t23?,24-,25?,30?/m0/s1. The van der Waals surface area contributed by atoms with E-state index in [0.29, 0.717) is 30.8 Å². The second-order valence-electron chi connectivity index (χ2n) is 11.2. The maximum atomic E-state index is 13.7. The lowest BCUT2D eigenvalue weighted by Crippen LogP contribution is -2.65. The Labute approximate surface area is 245 Å². The highest BCUT2D eigenvalue weighted by Crippen LogP contribution is 2.40. The molecule has 0 spiro atoms. The number of hydrogen-bond acceptors (Lipinski definition) is 8. The van der Waals surface area contributed by atoms with Crippen molar-refractivity contribution in [2.24, 2.45) is 4.99 Å². The van der Waals surface area contributed by atoms with Crippen LogP contribution < -0.4 is 16.0 Å². The Morgan fingerprint density at radius 2 is 2.02 bits per heavy atom. The molecule has 0 radical (unpaired) electrons. The fraction of sp³-hybridized carbons (Fsp3) is 0.500. The molecular weight excluding hydrogens is 540 g/mol. The van der Waals surface area contributed by atoms with E-state index in [2.05, 4.69) is 38.1 Å². The van der Waals surface area contributed by atoms with E-state index in [0.717, 1.165) is 55.8 Å². The number of rotatable bonds is 8. The molecule has 3 unspecified atom stereocenters. The minimum absolute atomic E-state index is 0.124. The lowest BCUT2D eigenvalue weighted by Gasteiger charge is -2.50. The summed E-state index contributed by atoms with van der Waals surface area (Å²) < 4.78 is 6.13. The largest absolute Gasteiger partial charge is 0.374 e. The van der Waals surface area contributed by atoms with Gasteiger partial charge in [-0.05, 0) is 69.1 Å². The number of anilines is 1. The summed E-state index contributed by atoms with van der Waals surface area (Å²) in [5, 5.41) is 18.0. The number of halogens is 1. The first kappa shape index (κ1) is 27.8. The average Bonchev–Trinajstić information content (AvgIpc) is 3.51. The van der Waals surface area contributed by atoms with Crippen molar-refractivity contribution in [1.82, 2.24) is 30.8 Å². The van der Waals surface area contributed by atoms with Crippen molar-refractivity contribution in [3.05, 3.63) is 60.2 Å². The van der Waals surface area contributed by atoms with Crippen LogP contribution in [0.1, 0.15) is 61.6 Å². The third-order valence-corrected chi connectivity index (χ3v) is 9.00. The Hall–Kier alpha value is -3.34. The number of H-pyrrole nitrogens is 1. The summed E-state index contributed by atoms with van der Waals surface area (Å²) in [5.41, 5.74) is 1.35. The molecule has 6 rings (SSSR count). The number of amides is 1. The lowest BCUT2D eigenvalue weighted by atomic mass is 9.74. The molecule has 3 aromatic rings. The summed E-state index contributed by atoms with van der Waals surface area (Å²) in [4.78, 5) is 27.6. The summed E-state index contributed by atoms with van der Waals surface area (Å²) in [6, 6.07) is 11.3. The molecule has 10 nitrogen and oxygen atoms in total. The number of piperidine rings is 1. The summed E-state index contributed by atoms with van der Waals surface area (Å²) in [7, 11) is 0. The second-order valence-corrected chi connectivity index (χ2v) is 11.8. The molecule has 4 atom stereocenters. The molecule has 5 heterocycles. The van der Waals surface area contributed by atoms with Crippen molar-refractivity contribution < 1.29 is 9.53 Å². The van der Waals surface area contributed by atoms with Crippen LogP contribution in [0.2, 0.25) is 0 Å². The first-order valence-corrected chi connectivity index (χ1v) is 15.0. The molecule has 2 aromatic heterocycles. The van der Waals surface area contributed by atoms with Crippen molar-refractivity contribution in [3.8, 4) is 11.4 Å². The van der Waals surface area contributed by atoms with Crippen molar-refractivity contribution in [2.75, 3.05) is 25.0 Å². The van der Waals surface area contributed by atoms with E-state index in [1.807, 2.05) is 42.6 Å². The number of benzene rings is 1.